The number of carbonyl (C=O) groups is 1. The van der Waals surface area contributed by atoms with Crippen LogP contribution < -0.4 is 15.9 Å². The Labute approximate surface area is 225 Å². The molecular formula is C22H25N11O3S2. The number of nitrogens with two attached hydrogens (primary N) is 1. The van der Waals surface area contributed by atoms with E-state index in [0.717, 1.165) is 52.2 Å². The third kappa shape index (κ3) is 5.81. The van der Waals surface area contributed by atoms with E-state index in [1.165, 1.54) is 4.68 Å². The Bertz CT molecular complexity index is 1440. The molecule has 0 atom stereocenters. The quantitative estimate of drug-likeness (QED) is 0.166. The zero-order valence-electron chi connectivity index (χ0n) is 20.7. The summed E-state index contributed by atoms with van der Waals surface area (Å²) in [6, 6.07) is 5.66. The average Bonchev–Trinajstić information content (AvgIpc) is 3.72. The number of hydrazone groups is 1. The van der Waals surface area contributed by atoms with Crippen LogP contribution in [0.3, 0.4) is 0 Å². The van der Waals surface area contributed by atoms with Gasteiger partial charge in [0.05, 0.1) is 13.3 Å². The molecule has 4 heterocycles. The van der Waals surface area contributed by atoms with Gasteiger partial charge in [0.2, 0.25) is 11.6 Å². The lowest BCUT2D eigenvalue weighted by Gasteiger charge is -2.13. The SMILES string of the molecule is COc1ccc(/C=N\NC(=O)c2c(CN3CCCC3)nnn2-c2nonc2N)cc1CSc1nnc(C)s1. The lowest BCUT2D eigenvalue weighted by molar-refractivity contribution is 0.0945. The van der Waals surface area contributed by atoms with Gasteiger partial charge in [-0.1, -0.05) is 28.3 Å². The van der Waals surface area contributed by atoms with Crippen LogP contribution in [0, 0.1) is 6.92 Å². The third-order valence-corrected chi connectivity index (χ3v) is 7.79. The van der Waals surface area contributed by atoms with Crippen molar-refractivity contribution in [2.75, 3.05) is 25.9 Å². The molecule has 198 valence electrons. The molecule has 16 heteroatoms. The number of methoxy groups -OCH3 is 1. The minimum Gasteiger partial charge on any atom is -0.496 e. The molecule has 1 amide bonds. The second-order valence-corrected chi connectivity index (χ2v) is 10.8. The van der Waals surface area contributed by atoms with Gasteiger partial charge >= 0.3 is 0 Å². The van der Waals surface area contributed by atoms with Crippen molar-refractivity contribution in [3.05, 3.63) is 45.7 Å². The van der Waals surface area contributed by atoms with Gasteiger partial charge in [-0.05, 0) is 66.9 Å². The molecule has 0 spiro atoms. The molecule has 0 unspecified atom stereocenters. The van der Waals surface area contributed by atoms with Gasteiger partial charge in [-0.3, -0.25) is 9.69 Å². The summed E-state index contributed by atoms with van der Waals surface area (Å²) >= 11 is 3.12. The molecule has 1 saturated heterocycles. The van der Waals surface area contributed by atoms with Gasteiger partial charge in [-0.25, -0.2) is 10.1 Å². The van der Waals surface area contributed by atoms with E-state index in [0.29, 0.717) is 18.0 Å². The molecule has 5 rings (SSSR count). The number of benzene rings is 1. The van der Waals surface area contributed by atoms with Crippen molar-refractivity contribution in [1.82, 2.24) is 45.8 Å². The number of hydrogen-bond acceptors (Lipinski definition) is 14. The maximum absolute atomic E-state index is 13.2. The monoisotopic (exact) mass is 555 g/mol. The second kappa shape index (κ2) is 11.7. The third-order valence-electron chi connectivity index (χ3n) is 5.77. The number of aromatic nitrogens is 7. The van der Waals surface area contributed by atoms with Crippen molar-refractivity contribution in [3.63, 3.8) is 0 Å². The first kappa shape index (κ1) is 25.7. The molecule has 0 aliphatic carbocycles. The van der Waals surface area contributed by atoms with Gasteiger partial charge < -0.3 is 10.5 Å². The number of likely N-dealkylation sites (tertiary alicyclic amines) is 1. The maximum atomic E-state index is 13.2. The van der Waals surface area contributed by atoms with Crippen LogP contribution in [-0.4, -0.2) is 72.7 Å². The predicted molar refractivity (Wildman–Crippen MR) is 140 cm³/mol. The first-order valence-corrected chi connectivity index (χ1v) is 13.5. The van der Waals surface area contributed by atoms with Crippen molar-refractivity contribution in [1.29, 1.82) is 0 Å². The fourth-order valence-electron chi connectivity index (χ4n) is 3.97. The Morgan fingerprint density at radius 2 is 2.13 bits per heavy atom. The van der Waals surface area contributed by atoms with Gasteiger partial charge in [-0.2, -0.15) is 9.78 Å². The fraction of sp³-hybridized carbons (Fsp3) is 0.364. The summed E-state index contributed by atoms with van der Waals surface area (Å²) in [5.74, 6) is 0.956. The number of rotatable bonds is 10. The second-order valence-electron chi connectivity index (χ2n) is 8.40. The topological polar surface area (TPSA) is 175 Å². The van der Waals surface area contributed by atoms with E-state index < -0.39 is 5.91 Å². The van der Waals surface area contributed by atoms with Crippen molar-refractivity contribution in [3.8, 4) is 11.6 Å². The van der Waals surface area contributed by atoms with Crippen molar-refractivity contribution in [2.45, 2.75) is 36.4 Å². The van der Waals surface area contributed by atoms with Crippen molar-refractivity contribution >= 4 is 41.0 Å². The normalized spacial score (nSPS) is 13.9. The molecule has 1 aliphatic rings. The van der Waals surface area contributed by atoms with Gasteiger partial charge in [-0.15, -0.1) is 15.3 Å². The summed E-state index contributed by atoms with van der Waals surface area (Å²) in [5.41, 5.74) is 10.8. The summed E-state index contributed by atoms with van der Waals surface area (Å²) < 4.78 is 12.3. The van der Waals surface area contributed by atoms with Crippen molar-refractivity contribution < 1.29 is 14.2 Å². The number of nitrogens with zero attached hydrogens (tertiary/aromatic N) is 9. The molecule has 1 fully saturated rings. The molecule has 4 aromatic rings. The number of hydrogen-bond donors (Lipinski definition) is 2. The minimum absolute atomic E-state index is 0.00695. The zero-order valence-corrected chi connectivity index (χ0v) is 22.3. The van der Waals surface area contributed by atoms with Crippen LogP contribution in [0.2, 0.25) is 0 Å². The number of nitrogen functional groups attached to an aromatic ring is 1. The summed E-state index contributed by atoms with van der Waals surface area (Å²) in [6.07, 6.45) is 3.76. The fourth-order valence-corrected chi connectivity index (χ4v) is 5.77. The van der Waals surface area contributed by atoms with E-state index in [2.05, 4.69) is 46.2 Å². The van der Waals surface area contributed by atoms with Crippen LogP contribution in [0.4, 0.5) is 5.82 Å². The molecule has 1 aromatic carbocycles. The van der Waals surface area contributed by atoms with Crippen LogP contribution in [0.15, 0.2) is 32.3 Å². The first-order chi connectivity index (χ1) is 18.5. The van der Waals surface area contributed by atoms with Crippen molar-refractivity contribution in [2.24, 2.45) is 5.10 Å². The molecule has 38 heavy (non-hydrogen) atoms. The molecule has 0 radical (unpaired) electrons. The smallest absolute Gasteiger partial charge is 0.292 e. The van der Waals surface area contributed by atoms with Crippen LogP contribution in [0.25, 0.3) is 5.82 Å². The van der Waals surface area contributed by atoms with Crippen LogP contribution in [-0.2, 0) is 12.3 Å². The number of amides is 1. The van der Waals surface area contributed by atoms with Crippen LogP contribution in [0.5, 0.6) is 5.75 Å². The summed E-state index contributed by atoms with van der Waals surface area (Å²) in [5, 5.41) is 28.9. The Morgan fingerprint density at radius 3 is 2.84 bits per heavy atom. The lowest BCUT2D eigenvalue weighted by Crippen LogP contribution is -2.26. The molecule has 0 saturated carbocycles. The number of carbonyl (C=O) groups excluding carboxylic acids is 1. The van der Waals surface area contributed by atoms with E-state index in [4.69, 9.17) is 15.1 Å². The molecule has 1 aliphatic heterocycles. The van der Waals surface area contributed by atoms with Gasteiger partial charge in [0, 0.05) is 17.9 Å². The highest BCUT2D eigenvalue weighted by Gasteiger charge is 2.26. The summed E-state index contributed by atoms with van der Waals surface area (Å²) in [6.45, 7) is 4.24. The molecule has 0 bridgehead atoms. The van der Waals surface area contributed by atoms with E-state index >= 15 is 0 Å². The molecule has 3 N–H and O–H groups in total. The average molecular weight is 556 g/mol. The van der Waals surface area contributed by atoms with Gasteiger partial charge in [0.25, 0.3) is 5.91 Å². The molecule has 14 nitrogen and oxygen atoms in total. The number of nitrogens with one attached hydrogen (secondary N) is 1. The van der Waals surface area contributed by atoms with Gasteiger partial charge in [0.1, 0.15) is 16.5 Å². The molecular weight excluding hydrogens is 530 g/mol. The standard InChI is InChI=1S/C22H25N11O3S2/c1-13-25-28-22(38-13)37-12-15-9-14(5-6-17(15)35-2)10-24-27-21(34)18-16(11-32-7-3-4-8-32)26-31-33(18)20-19(23)29-36-30-20/h5-6,9-10H,3-4,7-8,11-12H2,1-2H3,(H2,23,29)(H,27,34)/b24-10-. The summed E-state index contributed by atoms with van der Waals surface area (Å²) in [7, 11) is 1.63. The predicted octanol–water partition coefficient (Wildman–Crippen LogP) is 2.05. The number of ether oxygens (including phenoxy) is 1. The highest BCUT2D eigenvalue weighted by Crippen LogP contribution is 2.30. The van der Waals surface area contributed by atoms with E-state index in [9.17, 15) is 4.79 Å². The number of thioether (sulfide) groups is 1. The maximum Gasteiger partial charge on any atom is 0.292 e. The number of anilines is 1. The lowest BCUT2D eigenvalue weighted by atomic mass is 10.1. The highest BCUT2D eigenvalue weighted by molar-refractivity contribution is 8.00. The first-order valence-electron chi connectivity index (χ1n) is 11.7. The van der Waals surface area contributed by atoms with Gasteiger partial charge in [0.15, 0.2) is 10.0 Å². The minimum atomic E-state index is -0.515. The Hall–Kier alpha value is -3.89. The van der Waals surface area contributed by atoms with E-state index in [-0.39, 0.29) is 17.3 Å². The molecule has 3 aromatic heterocycles. The zero-order chi connectivity index (χ0) is 26.5. The van der Waals surface area contributed by atoms with Crippen LogP contribution in [0.1, 0.15) is 45.2 Å². The van der Waals surface area contributed by atoms with Crippen LogP contribution >= 0.6 is 23.1 Å². The number of aryl methyl sites for hydroxylation is 1. The Morgan fingerprint density at radius 1 is 1.29 bits per heavy atom. The Balaban J connectivity index is 1.32. The summed E-state index contributed by atoms with van der Waals surface area (Å²) in [4.78, 5) is 15.5. The van der Waals surface area contributed by atoms with E-state index in [1.807, 2.05) is 25.1 Å². The van der Waals surface area contributed by atoms with E-state index in [1.54, 1.807) is 36.4 Å². The Kier molecular flexibility index (Phi) is 7.90. The largest absolute Gasteiger partial charge is 0.496 e. The highest BCUT2D eigenvalue weighted by atomic mass is 32.2.